The highest BCUT2D eigenvalue weighted by Gasteiger charge is 2.66. The van der Waals surface area contributed by atoms with Crippen LogP contribution in [0.15, 0.2) is 18.2 Å². The SMILES string of the molecule is COc1ccc([C@H]2O[C@H]3C[C@@H]4CC[C@@]3(CS2)C4(C)C)cc1O. The van der Waals surface area contributed by atoms with Crippen molar-refractivity contribution in [2.75, 3.05) is 12.9 Å². The van der Waals surface area contributed by atoms with E-state index in [0.717, 1.165) is 11.5 Å². The van der Waals surface area contributed by atoms with E-state index in [9.17, 15) is 5.11 Å². The number of benzene rings is 1. The molecule has 1 aliphatic heterocycles. The smallest absolute Gasteiger partial charge is 0.160 e. The lowest BCUT2D eigenvalue weighted by Gasteiger charge is -2.47. The quantitative estimate of drug-likeness (QED) is 0.879. The number of hydrogen-bond donors (Lipinski definition) is 1. The van der Waals surface area contributed by atoms with Crippen LogP contribution in [0.3, 0.4) is 0 Å². The molecule has 1 N–H and O–H groups in total. The van der Waals surface area contributed by atoms with Crippen molar-refractivity contribution in [2.24, 2.45) is 16.7 Å². The third-order valence-electron chi connectivity index (χ3n) is 6.61. The van der Waals surface area contributed by atoms with E-state index in [2.05, 4.69) is 13.8 Å². The van der Waals surface area contributed by atoms with Crippen molar-refractivity contribution in [1.82, 2.24) is 0 Å². The first-order valence-electron chi connectivity index (χ1n) is 8.12. The molecule has 3 aliphatic rings. The number of phenolic OH excluding ortho intramolecular Hbond substituents is 1. The first kappa shape index (κ1) is 14.7. The van der Waals surface area contributed by atoms with Crippen LogP contribution < -0.4 is 4.74 Å². The van der Waals surface area contributed by atoms with Gasteiger partial charge in [0, 0.05) is 11.2 Å². The lowest BCUT2D eigenvalue weighted by Crippen LogP contribution is -2.45. The second-order valence-electron chi connectivity index (χ2n) is 7.55. The van der Waals surface area contributed by atoms with Crippen molar-refractivity contribution in [3.63, 3.8) is 0 Å². The first-order chi connectivity index (χ1) is 10.5. The third-order valence-corrected chi connectivity index (χ3v) is 7.98. The van der Waals surface area contributed by atoms with E-state index in [4.69, 9.17) is 9.47 Å². The lowest BCUT2D eigenvalue weighted by atomic mass is 9.69. The topological polar surface area (TPSA) is 38.7 Å². The van der Waals surface area contributed by atoms with Crippen molar-refractivity contribution in [3.8, 4) is 11.5 Å². The molecule has 0 radical (unpaired) electrons. The van der Waals surface area contributed by atoms with Gasteiger partial charge in [0.1, 0.15) is 5.44 Å². The minimum Gasteiger partial charge on any atom is -0.504 e. The molecule has 1 spiro atoms. The van der Waals surface area contributed by atoms with E-state index in [-0.39, 0.29) is 11.2 Å². The monoisotopic (exact) mass is 320 g/mol. The molecule has 1 heterocycles. The van der Waals surface area contributed by atoms with Crippen molar-refractivity contribution >= 4 is 11.8 Å². The number of thioether (sulfide) groups is 1. The molecule has 4 heteroatoms. The van der Waals surface area contributed by atoms with Crippen molar-refractivity contribution < 1.29 is 14.6 Å². The Morgan fingerprint density at radius 1 is 1.36 bits per heavy atom. The highest BCUT2D eigenvalue weighted by molar-refractivity contribution is 7.99. The Labute approximate surface area is 136 Å². The summed E-state index contributed by atoms with van der Waals surface area (Å²) in [5, 5.41) is 10.0. The average Bonchev–Trinajstić information content (AvgIpc) is 2.88. The highest BCUT2D eigenvalue weighted by atomic mass is 32.2. The summed E-state index contributed by atoms with van der Waals surface area (Å²) in [7, 11) is 1.57. The van der Waals surface area contributed by atoms with E-state index in [1.54, 1.807) is 13.2 Å². The molecule has 22 heavy (non-hydrogen) atoms. The fourth-order valence-corrected chi connectivity index (χ4v) is 6.67. The number of hydrogen-bond acceptors (Lipinski definition) is 4. The van der Waals surface area contributed by atoms with E-state index < -0.39 is 0 Å². The Kier molecular flexibility index (Phi) is 3.22. The van der Waals surface area contributed by atoms with E-state index in [1.807, 2.05) is 23.9 Å². The third kappa shape index (κ3) is 1.80. The summed E-state index contributed by atoms with van der Waals surface area (Å²) in [6.45, 7) is 4.88. The standard InChI is InChI=1S/C18H24O3S/c1-17(2)12-6-7-18(17)10-22-16(21-15(18)9-12)11-4-5-14(20-3)13(19)8-11/h4-5,8,12,15-16,19H,6-7,9-10H2,1-3H3/t12-,15-,16-,18-/m0/s1. The molecule has 0 unspecified atom stereocenters. The van der Waals surface area contributed by atoms with Gasteiger partial charge >= 0.3 is 0 Å². The molecule has 2 saturated carbocycles. The maximum absolute atomic E-state index is 10.0. The van der Waals surface area contributed by atoms with E-state index >= 15 is 0 Å². The largest absolute Gasteiger partial charge is 0.504 e. The van der Waals surface area contributed by atoms with E-state index in [1.165, 1.54) is 25.0 Å². The van der Waals surface area contributed by atoms with Gasteiger partial charge in [-0.15, -0.1) is 11.8 Å². The summed E-state index contributed by atoms with van der Waals surface area (Å²) >= 11 is 1.89. The zero-order chi connectivity index (χ0) is 15.5. The van der Waals surface area contributed by atoms with Gasteiger partial charge in [-0.2, -0.15) is 0 Å². The molecule has 120 valence electrons. The molecular formula is C18H24O3S. The molecular weight excluding hydrogens is 296 g/mol. The molecule has 1 saturated heterocycles. The molecule has 0 aromatic heterocycles. The predicted molar refractivity (Wildman–Crippen MR) is 88.3 cm³/mol. The maximum Gasteiger partial charge on any atom is 0.160 e. The van der Waals surface area contributed by atoms with E-state index in [0.29, 0.717) is 22.7 Å². The molecule has 0 amide bonds. The van der Waals surface area contributed by atoms with Crippen LogP contribution in [0, 0.1) is 16.7 Å². The molecule has 3 nitrogen and oxygen atoms in total. The van der Waals surface area contributed by atoms with Crippen LogP contribution in [0.4, 0.5) is 0 Å². The second-order valence-corrected chi connectivity index (χ2v) is 8.60. The van der Waals surface area contributed by atoms with Crippen LogP contribution in [0.5, 0.6) is 11.5 Å². The maximum atomic E-state index is 10.0. The zero-order valence-electron chi connectivity index (χ0n) is 13.5. The molecule has 4 atom stereocenters. The van der Waals surface area contributed by atoms with Gasteiger partial charge in [0.25, 0.3) is 0 Å². The Morgan fingerprint density at radius 3 is 2.86 bits per heavy atom. The Balaban J connectivity index is 1.58. The van der Waals surface area contributed by atoms with Gasteiger partial charge in [-0.3, -0.25) is 0 Å². The summed E-state index contributed by atoms with van der Waals surface area (Å²) in [4.78, 5) is 0. The molecule has 2 aliphatic carbocycles. The van der Waals surface area contributed by atoms with Gasteiger partial charge in [0.05, 0.1) is 13.2 Å². The van der Waals surface area contributed by atoms with Crippen molar-refractivity contribution in [1.29, 1.82) is 0 Å². The molecule has 4 rings (SSSR count). The summed E-state index contributed by atoms with van der Waals surface area (Å²) in [6.07, 6.45) is 4.24. The second kappa shape index (κ2) is 4.81. The van der Waals surface area contributed by atoms with Crippen LogP contribution in [0.1, 0.15) is 44.1 Å². The fourth-order valence-electron chi connectivity index (χ4n) is 4.97. The van der Waals surface area contributed by atoms with Crippen molar-refractivity contribution in [3.05, 3.63) is 23.8 Å². The number of rotatable bonds is 2. The lowest BCUT2D eigenvalue weighted by molar-refractivity contribution is -0.0670. The Bertz CT molecular complexity index is 600. The minimum absolute atomic E-state index is 0.0302. The number of fused-ring (bicyclic) bond motifs is 1. The summed E-state index contributed by atoms with van der Waals surface area (Å²) in [5.41, 5.74) is 1.83. The predicted octanol–water partition coefficient (Wildman–Crippen LogP) is 4.36. The van der Waals surface area contributed by atoms with Crippen molar-refractivity contribution in [2.45, 2.75) is 44.6 Å². The van der Waals surface area contributed by atoms with Gasteiger partial charge in [0.2, 0.25) is 0 Å². The first-order valence-corrected chi connectivity index (χ1v) is 9.17. The van der Waals surface area contributed by atoms with Gasteiger partial charge < -0.3 is 14.6 Å². The summed E-state index contributed by atoms with van der Waals surface area (Å²) < 4.78 is 11.6. The normalized spacial score (nSPS) is 38.8. The minimum atomic E-state index is 0.0302. The Morgan fingerprint density at radius 2 is 2.18 bits per heavy atom. The van der Waals surface area contributed by atoms with Gasteiger partial charge in [0.15, 0.2) is 11.5 Å². The van der Waals surface area contributed by atoms with Crippen LogP contribution in [-0.2, 0) is 4.74 Å². The van der Waals surface area contributed by atoms with Crippen LogP contribution in [-0.4, -0.2) is 24.1 Å². The molecule has 3 fully saturated rings. The summed E-state index contributed by atoms with van der Waals surface area (Å²) in [5.74, 6) is 2.68. The zero-order valence-corrected chi connectivity index (χ0v) is 14.3. The average molecular weight is 320 g/mol. The molecule has 2 bridgehead atoms. The summed E-state index contributed by atoms with van der Waals surface area (Å²) in [6, 6.07) is 5.61. The number of aromatic hydroxyl groups is 1. The Hall–Kier alpha value is -0.870. The van der Waals surface area contributed by atoms with Crippen LogP contribution in [0.25, 0.3) is 0 Å². The van der Waals surface area contributed by atoms with Gasteiger partial charge in [-0.25, -0.2) is 0 Å². The van der Waals surface area contributed by atoms with Crippen LogP contribution >= 0.6 is 11.8 Å². The molecule has 1 aromatic carbocycles. The number of phenols is 1. The highest BCUT2D eigenvalue weighted by Crippen LogP contribution is 2.70. The van der Waals surface area contributed by atoms with Crippen LogP contribution in [0.2, 0.25) is 0 Å². The fraction of sp³-hybridized carbons (Fsp3) is 0.667. The number of methoxy groups -OCH3 is 1. The van der Waals surface area contributed by atoms with Gasteiger partial charge in [-0.1, -0.05) is 19.9 Å². The van der Waals surface area contributed by atoms with Gasteiger partial charge in [-0.05, 0) is 48.3 Å². The molecule has 1 aromatic rings. The number of ether oxygens (including phenoxy) is 2.